The minimum absolute atomic E-state index is 0.188. The third-order valence-electron chi connectivity index (χ3n) is 8.07. The maximum atomic E-state index is 6.55. The Morgan fingerprint density at radius 2 is 1.21 bits per heavy atom. The molecule has 2 aromatic carbocycles. The minimum atomic E-state index is -2.27. The molecule has 1 aliphatic rings. The average Bonchev–Trinajstić information content (AvgIpc) is 3.32. The molecule has 0 saturated carbocycles. The van der Waals surface area contributed by atoms with Crippen LogP contribution in [0.3, 0.4) is 0 Å². The normalized spacial score (nSPS) is 21.6. The molecule has 216 valence electrons. The van der Waals surface area contributed by atoms with E-state index in [2.05, 4.69) is 69.3 Å². The van der Waals surface area contributed by atoms with Gasteiger partial charge < -0.3 is 0 Å². The summed E-state index contributed by atoms with van der Waals surface area (Å²) in [6.45, 7) is 8.04. The van der Waals surface area contributed by atoms with Crippen LogP contribution in [0.2, 0.25) is 17.7 Å². The van der Waals surface area contributed by atoms with Crippen LogP contribution in [0.15, 0.2) is 72.8 Å². The molecule has 1 saturated heterocycles. The molecule has 1 fully saturated rings. The molecule has 0 aliphatic carbocycles. The zero-order chi connectivity index (χ0) is 27.8. The summed E-state index contributed by atoms with van der Waals surface area (Å²) < 4.78 is 31.0. The SMILES string of the molecule is CCC[CH2][Sn]([CH2]/C=C\[C@H]1O[C@@H](OC)[C@H](OCc2ccccc2)[C@@H]1OCc1ccccc1)([CH2]CCC)[CH2]CCC. The summed E-state index contributed by atoms with van der Waals surface area (Å²) in [5.41, 5.74) is 2.28. The van der Waals surface area contributed by atoms with E-state index in [4.69, 9.17) is 18.9 Å². The van der Waals surface area contributed by atoms with Crippen molar-refractivity contribution >= 4 is 18.4 Å². The Hall–Kier alpha value is -1.18. The van der Waals surface area contributed by atoms with Gasteiger partial charge >= 0.3 is 243 Å². The Morgan fingerprint density at radius 1 is 0.718 bits per heavy atom. The summed E-state index contributed by atoms with van der Waals surface area (Å²) in [6.07, 6.45) is 11.6. The fourth-order valence-corrected chi connectivity index (χ4v) is 20.8. The molecule has 4 nitrogen and oxygen atoms in total. The van der Waals surface area contributed by atoms with Crippen LogP contribution < -0.4 is 0 Å². The Balaban J connectivity index is 1.77. The molecule has 1 aliphatic heterocycles. The first-order chi connectivity index (χ1) is 19.1. The molecule has 39 heavy (non-hydrogen) atoms. The zero-order valence-electron chi connectivity index (χ0n) is 24.9. The van der Waals surface area contributed by atoms with Crippen molar-refractivity contribution in [3.8, 4) is 0 Å². The van der Waals surface area contributed by atoms with Crippen LogP contribution in [0.5, 0.6) is 0 Å². The van der Waals surface area contributed by atoms with Gasteiger partial charge in [-0.1, -0.05) is 0 Å². The van der Waals surface area contributed by atoms with Gasteiger partial charge in [-0.05, 0) is 0 Å². The van der Waals surface area contributed by atoms with E-state index in [-0.39, 0.29) is 18.3 Å². The molecule has 3 rings (SSSR count). The summed E-state index contributed by atoms with van der Waals surface area (Å²) in [7, 11) is 1.70. The maximum absolute atomic E-state index is 6.55. The second-order valence-corrected chi connectivity index (χ2v) is 25.2. The fourth-order valence-electron chi connectivity index (χ4n) is 5.68. The number of rotatable bonds is 19. The van der Waals surface area contributed by atoms with Crippen LogP contribution in [0.25, 0.3) is 0 Å². The number of benzene rings is 2. The number of allylic oxidation sites excluding steroid dienone is 1. The van der Waals surface area contributed by atoms with E-state index in [9.17, 15) is 0 Å². The Morgan fingerprint density at radius 3 is 1.67 bits per heavy atom. The van der Waals surface area contributed by atoms with Gasteiger partial charge in [-0.15, -0.1) is 0 Å². The monoisotopic (exact) mass is 644 g/mol. The van der Waals surface area contributed by atoms with Gasteiger partial charge in [-0.2, -0.15) is 0 Å². The first-order valence-corrected chi connectivity index (χ1v) is 23.4. The summed E-state index contributed by atoms with van der Waals surface area (Å²) in [4.78, 5) is 0. The van der Waals surface area contributed by atoms with Gasteiger partial charge in [0, 0.05) is 0 Å². The van der Waals surface area contributed by atoms with Crippen molar-refractivity contribution in [3.63, 3.8) is 0 Å². The van der Waals surface area contributed by atoms with Gasteiger partial charge in [-0.25, -0.2) is 0 Å². The number of methoxy groups -OCH3 is 1. The molecule has 5 heteroatoms. The van der Waals surface area contributed by atoms with Crippen molar-refractivity contribution in [2.24, 2.45) is 0 Å². The molecule has 0 amide bonds. The molecule has 1 heterocycles. The molecular formula is C34H52O4Sn. The Bertz CT molecular complexity index is 898. The molecule has 4 atom stereocenters. The summed E-state index contributed by atoms with van der Waals surface area (Å²) in [5.74, 6) is 0. The van der Waals surface area contributed by atoms with Crippen LogP contribution in [0.4, 0.5) is 0 Å². The fraction of sp³-hybridized carbons (Fsp3) is 0.588. The van der Waals surface area contributed by atoms with Crippen molar-refractivity contribution in [2.45, 2.75) is 115 Å². The molecule has 0 spiro atoms. The number of unbranched alkanes of at least 4 members (excludes halogenated alkanes) is 3. The Kier molecular flexibility index (Phi) is 15.2. The van der Waals surface area contributed by atoms with E-state index < -0.39 is 24.7 Å². The van der Waals surface area contributed by atoms with Crippen LogP contribution >= 0.6 is 0 Å². The van der Waals surface area contributed by atoms with Gasteiger partial charge in [0.2, 0.25) is 0 Å². The van der Waals surface area contributed by atoms with Crippen molar-refractivity contribution in [1.29, 1.82) is 0 Å². The standard InChI is InChI=1S/C22H25O4.3C4H9.Sn/c1-3-10-19-20(24-15-17-11-6-4-7-12-17)21(22(23-2)26-19)25-16-18-13-8-5-9-14-18;3*1-3-4-2;/h3-14,19-22H,1,15-16H2,2H3;3*1,3-4H2,2H3;/b10-3-;;;;/t19-,20-,21-,22-;;;;/m1..../s1. The number of ether oxygens (including phenoxy) is 4. The second-order valence-electron chi connectivity index (χ2n) is 11.2. The summed E-state index contributed by atoms with van der Waals surface area (Å²) in [6, 6.07) is 20.6. The van der Waals surface area contributed by atoms with Crippen LogP contribution in [0, 0.1) is 0 Å². The van der Waals surface area contributed by atoms with Gasteiger partial charge in [0.15, 0.2) is 0 Å². The van der Waals surface area contributed by atoms with Gasteiger partial charge in [0.05, 0.1) is 0 Å². The number of hydrogen-bond acceptors (Lipinski definition) is 4. The Labute approximate surface area is 242 Å². The van der Waals surface area contributed by atoms with Crippen molar-refractivity contribution in [2.75, 3.05) is 7.11 Å². The van der Waals surface area contributed by atoms with Gasteiger partial charge in [0.25, 0.3) is 0 Å². The first kappa shape index (κ1) is 32.3. The van der Waals surface area contributed by atoms with E-state index in [1.54, 1.807) is 7.11 Å². The molecular weight excluding hydrogens is 591 g/mol. The van der Waals surface area contributed by atoms with Crippen molar-refractivity contribution < 1.29 is 18.9 Å². The zero-order valence-corrected chi connectivity index (χ0v) is 27.7. The van der Waals surface area contributed by atoms with E-state index in [0.717, 1.165) is 11.1 Å². The summed E-state index contributed by atoms with van der Waals surface area (Å²) >= 11 is -2.27. The van der Waals surface area contributed by atoms with E-state index in [1.165, 1.54) is 56.3 Å². The predicted octanol–water partition coefficient (Wildman–Crippen LogP) is 8.93. The molecule has 0 radical (unpaired) electrons. The molecule has 0 aromatic heterocycles. The van der Waals surface area contributed by atoms with Crippen LogP contribution in [0.1, 0.15) is 70.4 Å². The van der Waals surface area contributed by atoms with Gasteiger partial charge in [-0.3, -0.25) is 0 Å². The summed E-state index contributed by atoms with van der Waals surface area (Å²) in [5, 5.41) is 0. The molecule has 0 bridgehead atoms. The quantitative estimate of drug-likeness (QED) is 0.113. The first-order valence-electron chi connectivity index (χ1n) is 15.3. The topological polar surface area (TPSA) is 36.9 Å². The van der Waals surface area contributed by atoms with Crippen molar-refractivity contribution in [3.05, 3.63) is 83.9 Å². The predicted molar refractivity (Wildman–Crippen MR) is 165 cm³/mol. The average molecular weight is 643 g/mol. The van der Waals surface area contributed by atoms with E-state index in [1.807, 2.05) is 24.3 Å². The second kappa shape index (κ2) is 18.3. The third kappa shape index (κ3) is 10.6. The van der Waals surface area contributed by atoms with E-state index >= 15 is 0 Å². The van der Waals surface area contributed by atoms with Crippen LogP contribution in [-0.4, -0.2) is 50.1 Å². The molecule has 2 aromatic rings. The molecule has 0 N–H and O–H groups in total. The van der Waals surface area contributed by atoms with Crippen LogP contribution in [-0.2, 0) is 32.2 Å². The molecule has 0 unspecified atom stereocenters. The van der Waals surface area contributed by atoms with Crippen molar-refractivity contribution in [1.82, 2.24) is 0 Å². The number of hydrogen-bond donors (Lipinski definition) is 0. The third-order valence-corrected chi connectivity index (χ3v) is 23.3. The van der Waals surface area contributed by atoms with Gasteiger partial charge in [0.1, 0.15) is 0 Å². The van der Waals surface area contributed by atoms with E-state index in [0.29, 0.717) is 13.2 Å².